The zero-order valence-electron chi connectivity index (χ0n) is 14.1. The normalized spacial score (nSPS) is 15.2. The molecule has 0 unspecified atom stereocenters. The van der Waals surface area contributed by atoms with Gasteiger partial charge in [0.05, 0.1) is 6.61 Å². The van der Waals surface area contributed by atoms with Gasteiger partial charge in [-0.05, 0) is 54.3 Å². The maximum Gasteiger partial charge on any atom is 0.119 e. The van der Waals surface area contributed by atoms with Crippen molar-refractivity contribution >= 4 is 17.3 Å². The molecule has 0 radical (unpaired) electrons. The van der Waals surface area contributed by atoms with Gasteiger partial charge in [-0.2, -0.15) is 0 Å². The lowest BCUT2D eigenvalue weighted by Crippen LogP contribution is -2.10. The number of rotatable bonds is 7. The Morgan fingerprint density at radius 1 is 0.917 bits per heavy atom. The highest BCUT2D eigenvalue weighted by Gasteiger charge is 2.13. The number of benzene rings is 2. The van der Waals surface area contributed by atoms with E-state index >= 15 is 0 Å². The van der Waals surface area contributed by atoms with E-state index in [9.17, 15) is 0 Å². The molecule has 0 aliphatic heterocycles. The van der Waals surface area contributed by atoms with Gasteiger partial charge in [0.2, 0.25) is 0 Å². The summed E-state index contributed by atoms with van der Waals surface area (Å²) >= 11 is 5.90. The van der Waals surface area contributed by atoms with Crippen LogP contribution in [0.15, 0.2) is 48.5 Å². The summed E-state index contributed by atoms with van der Waals surface area (Å²) in [6, 6.07) is 16.2. The predicted molar refractivity (Wildman–Crippen MR) is 102 cm³/mol. The van der Waals surface area contributed by atoms with Gasteiger partial charge in [0, 0.05) is 17.3 Å². The lowest BCUT2D eigenvalue weighted by Gasteiger charge is -2.21. The van der Waals surface area contributed by atoms with Crippen LogP contribution in [0, 0.1) is 5.92 Å². The SMILES string of the molecule is Clc1ccc(CNc2ccc(OCCC3CCCCC3)cc2)cc1. The summed E-state index contributed by atoms with van der Waals surface area (Å²) in [6.07, 6.45) is 8.18. The Hall–Kier alpha value is -1.67. The summed E-state index contributed by atoms with van der Waals surface area (Å²) in [5.41, 5.74) is 2.32. The first-order valence-corrected chi connectivity index (χ1v) is 9.38. The zero-order valence-corrected chi connectivity index (χ0v) is 14.9. The second-order valence-corrected chi connectivity index (χ2v) is 7.08. The van der Waals surface area contributed by atoms with Gasteiger partial charge < -0.3 is 10.1 Å². The van der Waals surface area contributed by atoms with Gasteiger partial charge in [-0.3, -0.25) is 0 Å². The van der Waals surface area contributed by atoms with Crippen molar-refractivity contribution in [1.29, 1.82) is 0 Å². The van der Waals surface area contributed by atoms with E-state index in [2.05, 4.69) is 17.4 Å². The Morgan fingerprint density at radius 3 is 2.33 bits per heavy atom. The number of hydrogen-bond acceptors (Lipinski definition) is 2. The lowest BCUT2D eigenvalue weighted by atomic mass is 9.87. The molecule has 128 valence electrons. The second-order valence-electron chi connectivity index (χ2n) is 6.65. The molecule has 0 aromatic heterocycles. The molecule has 1 saturated carbocycles. The average Bonchev–Trinajstić information content (AvgIpc) is 2.63. The molecule has 0 bridgehead atoms. The highest BCUT2D eigenvalue weighted by Crippen LogP contribution is 2.26. The van der Waals surface area contributed by atoms with Gasteiger partial charge >= 0.3 is 0 Å². The Morgan fingerprint density at radius 2 is 1.62 bits per heavy atom. The Kier molecular flexibility index (Phi) is 6.42. The summed E-state index contributed by atoms with van der Waals surface area (Å²) < 4.78 is 5.90. The van der Waals surface area contributed by atoms with Crippen molar-refractivity contribution < 1.29 is 4.74 Å². The molecule has 2 aromatic rings. The third-order valence-corrected chi connectivity index (χ3v) is 5.04. The van der Waals surface area contributed by atoms with Crippen LogP contribution in [-0.4, -0.2) is 6.61 Å². The van der Waals surface area contributed by atoms with Crippen LogP contribution in [0.4, 0.5) is 5.69 Å². The van der Waals surface area contributed by atoms with Gasteiger partial charge in [0.1, 0.15) is 5.75 Å². The fourth-order valence-corrected chi connectivity index (χ4v) is 3.42. The topological polar surface area (TPSA) is 21.3 Å². The van der Waals surface area contributed by atoms with Crippen molar-refractivity contribution in [3.8, 4) is 5.75 Å². The maximum absolute atomic E-state index is 5.90. The molecular formula is C21H26ClNO. The minimum Gasteiger partial charge on any atom is -0.494 e. The van der Waals surface area contributed by atoms with Crippen LogP contribution in [0.25, 0.3) is 0 Å². The Labute approximate surface area is 150 Å². The first kappa shape index (κ1) is 17.2. The van der Waals surface area contributed by atoms with Crippen LogP contribution in [-0.2, 0) is 6.54 Å². The first-order valence-electron chi connectivity index (χ1n) is 9.01. The van der Waals surface area contributed by atoms with Crippen LogP contribution in [0.2, 0.25) is 5.02 Å². The number of halogens is 1. The van der Waals surface area contributed by atoms with Gasteiger partial charge in [-0.15, -0.1) is 0 Å². The van der Waals surface area contributed by atoms with E-state index in [0.29, 0.717) is 0 Å². The number of hydrogen-bond donors (Lipinski definition) is 1. The van der Waals surface area contributed by atoms with E-state index in [4.69, 9.17) is 16.3 Å². The summed E-state index contributed by atoms with van der Waals surface area (Å²) in [4.78, 5) is 0. The fourth-order valence-electron chi connectivity index (χ4n) is 3.29. The van der Waals surface area contributed by atoms with Crippen molar-refractivity contribution in [3.05, 3.63) is 59.1 Å². The van der Waals surface area contributed by atoms with Crippen molar-refractivity contribution in [3.63, 3.8) is 0 Å². The predicted octanol–water partition coefficient (Wildman–Crippen LogP) is 6.30. The maximum atomic E-state index is 5.90. The van der Waals surface area contributed by atoms with Crippen molar-refractivity contribution in [2.24, 2.45) is 5.92 Å². The standard InChI is InChI=1S/C21H26ClNO/c22-19-8-6-18(7-9-19)16-23-20-10-12-21(13-11-20)24-15-14-17-4-2-1-3-5-17/h6-13,17,23H,1-5,14-16H2. The van der Waals surface area contributed by atoms with E-state index in [-0.39, 0.29) is 0 Å². The second kappa shape index (κ2) is 8.98. The summed E-state index contributed by atoms with van der Waals surface area (Å²) in [7, 11) is 0. The van der Waals surface area contributed by atoms with E-state index < -0.39 is 0 Å². The van der Waals surface area contributed by atoms with Gasteiger partial charge in [0.15, 0.2) is 0 Å². The van der Waals surface area contributed by atoms with Crippen LogP contribution < -0.4 is 10.1 Å². The van der Waals surface area contributed by atoms with E-state index in [1.165, 1.54) is 44.1 Å². The summed E-state index contributed by atoms with van der Waals surface area (Å²) in [5.74, 6) is 1.84. The molecule has 0 atom stereocenters. The third kappa shape index (κ3) is 5.45. The van der Waals surface area contributed by atoms with Crippen molar-refractivity contribution in [2.45, 2.75) is 45.1 Å². The molecule has 3 rings (SSSR count). The molecule has 24 heavy (non-hydrogen) atoms. The minimum atomic E-state index is 0.772. The molecule has 1 N–H and O–H groups in total. The van der Waals surface area contributed by atoms with E-state index in [0.717, 1.165) is 35.5 Å². The Bertz CT molecular complexity index is 603. The molecule has 0 amide bonds. The third-order valence-electron chi connectivity index (χ3n) is 4.78. The smallest absolute Gasteiger partial charge is 0.119 e. The van der Waals surface area contributed by atoms with Gasteiger partial charge in [-0.25, -0.2) is 0 Å². The number of nitrogens with one attached hydrogen (secondary N) is 1. The molecule has 1 aliphatic carbocycles. The molecular weight excluding hydrogens is 318 g/mol. The van der Waals surface area contributed by atoms with Gasteiger partial charge in [0.25, 0.3) is 0 Å². The molecule has 3 heteroatoms. The molecule has 2 nitrogen and oxygen atoms in total. The zero-order chi connectivity index (χ0) is 16.6. The van der Waals surface area contributed by atoms with Crippen LogP contribution in [0.5, 0.6) is 5.75 Å². The summed E-state index contributed by atoms with van der Waals surface area (Å²) in [5, 5.41) is 4.19. The van der Waals surface area contributed by atoms with E-state index in [1.54, 1.807) is 0 Å². The molecule has 0 heterocycles. The Balaban J connectivity index is 1.40. The monoisotopic (exact) mass is 343 g/mol. The first-order chi connectivity index (χ1) is 11.8. The highest BCUT2D eigenvalue weighted by molar-refractivity contribution is 6.30. The van der Waals surface area contributed by atoms with Gasteiger partial charge in [-0.1, -0.05) is 55.8 Å². The van der Waals surface area contributed by atoms with Crippen molar-refractivity contribution in [1.82, 2.24) is 0 Å². The van der Waals surface area contributed by atoms with Crippen LogP contribution in [0.1, 0.15) is 44.1 Å². The molecule has 1 fully saturated rings. The number of ether oxygens (including phenoxy) is 1. The van der Waals surface area contributed by atoms with Crippen LogP contribution >= 0.6 is 11.6 Å². The molecule has 1 aliphatic rings. The van der Waals surface area contributed by atoms with Crippen molar-refractivity contribution in [2.75, 3.05) is 11.9 Å². The van der Waals surface area contributed by atoms with Crippen LogP contribution in [0.3, 0.4) is 0 Å². The largest absolute Gasteiger partial charge is 0.494 e. The molecule has 2 aromatic carbocycles. The fraction of sp³-hybridized carbons (Fsp3) is 0.429. The quantitative estimate of drug-likeness (QED) is 0.636. The molecule has 0 saturated heterocycles. The number of anilines is 1. The average molecular weight is 344 g/mol. The van der Waals surface area contributed by atoms with E-state index in [1.807, 2.05) is 36.4 Å². The lowest BCUT2D eigenvalue weighted by molar-refractivity contribution is 0.246. The molecule has 0 spiro atoms. The summed E-state index contributed by atoms with van der Waals surface area (Å²) in [6.45, 7) is 1.63. The minimum absolute atomic E-state index is 0.772. The highest BCUT2D eigenvalue weighted by atomic mass is 35.5.